The first-order valence-electron chi connectivity index (χ1n) is 12.6. The number of carbonyl (C=O) groups is 2. The zero-order chi connectivity index (χ0) is 26.9. The molecule has 37 heavy (non-hydrogen) atoms. The normalized spacial score (nSPS) is 11.9. The molecule has 8 nitrogen and oxygen atoms in total. The Morgan fingerprint density at radius 1 is 1.08 bits per heavy atom. The molecule has 0 bridgehead atoms. The Kier molecular flexibility index (Phi) is 9.79. The van der Waals surface area contributed by atoms with Gasteiger partial charge in [0.15, 0.2) is 0 Å². The third kappa shape index (κ3) is 6.74. The summed E-state index contributed by atoms with van der Waals surface area (Å²) in [5.41, 5.74) is 4.67. The maximum Gasteiger partial charge on any atom is 0.297 e. The Bertz CT molecular complexity index is 1210. The number of halogens is 1. The van der Waals surface area contributed by atoms with Gasteiger partial charge in [-0.3, -0.25) is 19.4 Å². The van der Waals surface area contributed by atoms with Gasteiger partial charge in [-0.2, -0.15) is 4.98 Å². The van der Waals surface area contributed by atoms with Crippen LogP contribution in [0.4, 0.5) is 4.39 Å². The van der Waals surface area contributed by atoms with Crippen LogP contribution >= 0.6 is 0 Å². The molecule has 198 valence electrons. The summed E-state index contributed by atoms with van der Waals surface area (Å²) in [6, 6.07) is 14.9. The number of aromatic nitrogens is 2. The molecule has 3 N–H and O–H groups in total. The highest BCUT2D eigenvalue weighted by Crippen LogP contribution is 2.28. The van der Waals surface area contributed by atoms with Crippen LogP contribution in [0.3, 0.4) is 0 Å². The summed E-state index contributed by atoms with van der Waals surface area (Å²) < 4.78 is 23.2. The van der Waals surface area contributed by atoms with Gasteiger partial charge in [0.1, 0.15) is 11.7 Å². The number of amides is 2. The van der Waals surface area contributed by atoms with E-state index in [4.69, 9.17) is 9.94 Å². The van der Waals surface area contributed by atoms with Crippen LogP contribution in [0.15, 0.2) is 48.5 Å². The number of hydrogen-bond donors (Lipinski definition) is 3. The molecule has 3 rings (SSSR count). The fraction of sp³-hybridized carbons (Fsp3) is 0.393. The van der Waals surface area contributed by atoms with E-state index >= 15 is 4.39 Å². The molecule has 0 radical (unpaired) electrons. The van der Waals surface area contributed by atoms with Gasteiger partial charge in [0.25, 0.3) is 11.9 Å². The second kappa shape index (κ2) is 13.0. The number of ether oxygens (including phenoxy) is 1. The van der Waals surface area contributed by atoms with E-state index in [2.05, 4.69) is 10.3 Å². The van der Waals surface area contributed by atoms with Gasteiger partial charge in [-0.15, -0.1) is 0 Å². The molecule has 1 aromatic heterocycles. The average Bonchev–Trinajstić information content (AvgIpc) is 3.23. The molecule has 0 saturated carbocycles. The summed E-state index contributed by atoms with van der Waals surface area (Å²) in [6.07, 6.45) is 0.844. The molecule has 9 heteroatoms. The lowest BCUT2D eigenvalue weighted by Crippen LogP contribution is -2.41. The fourth-order valence-electron chi connectivity index (χ4n) is 4.28. The van der Waals surface area contributed by atoms with E-state index in [0.717, 1.165) is 5.56 Å². The van der Waals surface area contributed by atoms with Crippen LogP contribution in [0.2, 0.25) is 0 Å². The second-order valence-corrected chi connectivity index (χ2v) is 9.18. The fourth-order valence-corrected chi connectivity index (χ4v) is 4.28. The number of imidazole rings is 1. The van der Waals surface area contributed by atoms with Crippen molar-refractivity contribution in [3.05, 3.63) is 71.3 Å². The van der Waals surface area contributed by atoms with Gasteiger partial charge in [-0.1, -0.05) is 69.3 Å². The molecule has 0 saturated heterocycles. The lowest BCUT2D eigenvalue weighted by atomic mass is 9.95. The van der Waals surface area contributed by atoms with Crippen LogP contribution < -0.4 is 15.5 Å². The summed E-state index contributed by atoms with van der Waals surface area (Å²) in [5.74, 6) is -2.59. The molecule has 0 aliphatic carbocycles. The Labute approximate surface area is 216 Å². The molecular weight excluding hydrogens is 475 g/mol. The second-order valence-electron chi connectivity index (χ2n) is 9.18. The van der Waals surface area contributed by atoms with E-state index in [-0.39, 0.29) is 31.2 Å². The Balaban J connectivity index is 1.94. The molecule has 0 fully saturated rings. The van der Waals surface area contributed by atoms with Crippen LogP contribution in [0, 0.1) is 17.7 Å². The first-order valence-corrected chi connectivity index (χ1v) is 12.6. The minimum Gasteiger partial charge on any atom is -0.465 e. The largest absolute Gasteiger partial charge is 0.465 e. The van der Waals surface area contributed by atoms with Gasteiger partial charge in [0.05, 0.1) is 31.1 Å². The van der Waals surface area contributed by atoms with Crippen LogP contribution in [0.5, 0.6) is 6.01 Å². The van der Waals surface area contributed by atoms with Crippen LogP contribution in [0.25, 0.3) is 11.1 Å². The van der Waals surface area contributed by atoms with E-state index in [1.807, 2.05) is 64.1 Å². The standard InChI is InChI=1S/C28H35FN4O4/c1-5-23-24(16-30-26(34)22(15-18(3)4)27(35)32-36)33(28(31-23)37-6-2)17-20-13-10-14-21(25(20)29)19-11-8-7-9-12-19/h7-14,18,22,36H,5-6,15-17H2,1-4H3,(H,30,34)(H,32,35). The third-order valence-electron chi connectivity index (χ3n) is 6.10. The number of nitrogens with one attached hydrogen (secondary N) is 2. The predicted molar refractivity (Wildman–Crippen MR) is 138 cm³/mol. The van der Waals surface area contributed by atoms with Crippen LogP contribution in [0.1, 0.15) is 51.1 Å². The van der Waals surface area contributed by atoms with Gasteiger partial charge in [-0.25, -0.2) is 9.87 Å². The topological polar surface area (TPSA) is 105 Å². The first-order chi connectivity index (χ1) is 17.8. The highest BCUT2D eigenvalue weighted by atomic mass is 19.1. The quantitative estimate of drug-likeness (QED) is 0.189. The van der Waals surface area contributed by atoms with Crippen molar-refractivity contribution in [3.8, 4) is 17.1 Å². The number of hydrogen-bond acceptors (Lipinski definition) is 5. The summed E-state index contributed by atoms with van der Waals surface area (Å²) in [7, 11) is 0. The molecule has 2 amide bonds. The van der Waals surface area contributed by atoms with Crippen molar-refractivity contribution >= 4 is 11.8 Å². The zero-order valence-corrected chi connectivity index (χ0v) is 21.8. The molecule has 0 aliphatic heterocycles. The highest BCUT2D eigenvalue weighted by molar-refractivity contribution is 5.99. The smallest absolute Gasteiger partial charge is 0.297 e. The van der Waals surface area contributed by atoms with Crippen molar-refractivity contribution in [3.63, 3.8) is 0 Å². The summed E-state index contributed by atoms with van der Waals surface area (Å²) in [4.78, 5) is 29.6. The number of aryl methyl sites for hydroxylation is 1. The first kappa shape index (κ1) is 27.9. The van der Waals surface area contributed by atoms with Crippen molar-refractivity contribution in [1.82, 2.24) is 20.3 Å². The maximum atomic E-state index is 15.6. The third-order valence-corrected chi connectivity index (χ3v) is 6.10. The summed E-state index contributed by atoms with van der Waals surface area (Å²) in [5, 5.41) is 11.9. The molecule has 1 atom stereocenters. The number of rotatable bonds is 12. The predicted octanol–water partition coefficient (Wildman–Crippen LogP) is 4.48. The molecule has 3 aromatic rings. The molecule has 0 aliphatic rings. The Hall–Kier alpha value is -3.72. The van der Waals surface area contributed by atoms with Crippen molar-refractivity contribution in [2.45, 2.75) is 53.6 Å². The van der Waals surface area contributed by atoms with Crippen LogP contribution in [-0.2, 0) is 29.1 Å². The van der Waals surface area contributed by atoms with Gasteiger partial charge in [-0.05, 0) is 31.2 Å². The lowest BCUT2D eigenvalue weighted by Gasteiger charge is -2.18. The lowest BCUT2D eigenvalue weighted by molar-refractivity contribution is -0.141. The van der Waals surface area contributed by atoms with E-state index in [9.17, 15) is 9.59 Å². The number of nitrogens with zero attached hydrogens (tertiary/aromatic N) is 2. The number of benzene rings is 2. The molecular formula is C28H35FN4O4. The Morgan fingerprint density at radius 2 is 1.81 bits per heavy atom. The highest BCUT2D eigenvalue weighted by Gasteiger charge is 2.28. The van der Waals surface area contributed by atoms with E-state index < -0.39 is 17.7 Å². The molecule has 1 unspecified atom stereocenters. The van der Waals surface area contributed by atoms with Gasteiger partial charge in [0, 0.05) is 11.1 Å². The monoisotopic (exact) mass is 510 g/mol. The van der Waals surface area contributed by atoms with Gasteiger partial charge < -0.3 is 10.1 Å². The number of carbonyl (C=O) groups excluding carboxylic acids is 2. The molecule has 1 heterocycles. The van der Waals surface area contributed by atoms with Crippen molar-refractivity contribution in [2.75, 3.05) is 6.61 Å². The zero-order valence-electron chi connectivity index (χ0n) is 21.8. The van der Waals surface area contributed by atoms with Gasteiger partial charge in [0.2, 0.25) is 5.91 Å². The maximum absolute atomic E-state index is 15.6. The molecule has 0 spiro atoms. The van der Waals surface area contributed by atoms with E-state index in [1.54, 1.807) is 22.2 Å². The number of hydroxylamine groups is 1. The average molecular weight is 511 g/mol. The van der Waals surface area contributed by atoms with E-state index in [0.29, 0.717) is 41.6 Å². The summed E-state index contributed by atoms with van der Waals surface area (Å²) >= 11 is 0. The SMILES string of the molecule is CCOc1nc(CC)c(CNC(=O)C(CC(C)C)C(=O)NO)n1Cc1cccc(-c2ccccc2)c1F. The minimum atomic E-state index is -1.04. The van der Waals surface area contributed by atoms with Gasteiger partial charge >= 0.3 is 0 Å². The summed E-state index contributed by atoms with van der Waals surface area (Å²) in [6.45, 7) is 8.13. The van der Waals surface area contributed by atoms with Crippen LogP contribution in [-0.4, -0.2) is 33.2 Å². The van der Waals surface area contributed by atoms with Crippen molar-refractivity contribution < 1.29 is 23.9 Å². The van der Waals surface area contributed by atoms with Crippen molar-refractivity contribution in [2.24, 2.45) is 11.8 Å². The van der Waals surface area contributed by atoms with Crippen molar-refractivity contribution in [1.29, 1.82) is 0 Å². The Morgan fingerprint density at radius 3 is 2.43 bits per heavy atom. The molecule has 2 aromatic carbocycles. The van der Waals surface area contributed by atoms with E-state index in [1.165, 1.54) is 0 Å². The minimum absolute atomic E-state index is 0.0641.